The average molecular weight is 1120 g/mol. The minimum atomic E-state index is -0.839. The highest BCUT2D eigenvalue weighted by Gasteiger charge is 2.45. The van der Waals surface area contributed by atoms with Crippen LogP contribution in [0.15, 0.2) is 66.3 Å². The van der Waals surface area contributed by atoms with Gasteiger partial charge in [0.1, 0.15) is 11.8 Å². The van der Waals surface area contributed by atoms with E-state index < -0.39 is 28.9 Å². The van der Waals surface area contributed by atoms with Crippen molar-refractivity contribution in [2.45, 2.75) is 149 Å². The number of aliphatic hydroxyl groups is 1. The van der Waals surface area contributed by atoms with Gasteiger partial charge in [-0.3, -0.25) is 33.6 Å². The third-order valence-electron chi connectivity index (χ3n) is 17.6. The summed E-state index contributed by atoms with van der Waals surface area (Å²) in [5, 5.41) is 23.2. The van der Waals surface area contributed by atoms with E-state index in [0.717, 1.165) is 106 Å². The third kappa shape index (κ3) is 12.1. The molecular weight excluding hydrogens is 1040 g/mol. The first-order chi connectivity index (χ1) is 38.8. The van der Waals surface area contributed by atoms with Crippen molar-refractivity contribution < 1.29 is 29.1 Å². The maximum absolute atomic E-state index is 14.2. The van der Waals surface area contributed by atoms with E-state index in [1.54, 1.807) is 22.1 Å². The molecule has 3 fully saturated rings. The number of nitrogens with one attached hydrogen (secondary N) is 2. The topological polar surface area (TPSA) is 194 Å². The van der Waals surface area contributed by atoms with E-state index in [2.05, 4.69) is 73.1 Å². The second-order valence-corrected chi connectivity index (χ2v) is 25.2. The van der Waals surface area contributed by atoms with E-state index in [0.29, 0.717) is 57.0 Å². The number of hydrogen-bond acceptors (Lipinski definition) is 12. The number of aryl methyl sites for hydroxylation is 4. The molecule has 6 heterocycles. The monoisotopic (exact) mass is 1120 g/mol. The van der Waals surface area contributed by atoms with Gasteiger partial charge in [0.15, 0.2) is 11.5 Å². The van der Waals surface area contributed by atoms with Crippen LogP contribution in [0.1, 0.15) is 143 Å². The van der Waals surface area contributed by atoms with E-state index in [4.69, 9.17) is 6.57 Å². The third-order valence-corrected chi connectivity index (χ3v) is 18.6. The highest BCUT2D eigenvalue weighted by atomic mass is 32.1. The van der Waals surface area contributed by atoms with Crippen molar-refractivity contribution in [2.75, 3.05) is 50.7 Å². The van der Waals surface area contributed by atoms with Crippen LogP contribution < -0.4 is 10.2 Å². The van der Waals surface area contributed by atoms with Gasteiger partial charge < -0.3 is 30.1 Å². The van der Waals surface area contributed by atoms with Crippen molar-refractivity contribution in [3.05, 3.63) is 123 Å². The number of likely N-dealkylation sites (tertiary alicyclic amines) is 1. The summed E-state index contributed by atoms with van der Waals surface area (Å²) in [6.45, 7) is 27.6. The lowest BCUT2D eigenvalue weighted by molar-refractivity contribution is -0.146. The van der Waals surface area contributed by atoms with Crippen LogP contribution >= 0.6 is 11.3 Å². The Balaban J connectivity index is 0.638. The van der Waals surface area contributed by atoms with Crippen LogP contribution in [0.3, 0.4) is 0 Å². The average Bonchev–Trinajstić information content (AvgIpc) is 4.42. The lowest BCUT2D eigenvalue weighted by atomic mass is 9.70. The molecule has 6 aromatic rings. The SMILES string of the molecule is [C-]#[N+]c1ccc2c3c([nH]c2c1)C(C)(C)c1cc(N2CCC(N4CCN(C(=O)CCCc5cn(CCCC(=O)C[C@H](C(=O)N6C[C@H](O)C[C@H]6C(=O)NCc6ccc(-c7scnc7C)cc6)C(C)(C)C)nn5)CC4)CC2)c(CC)cc1C3=O. The van der Waals surface area contributed by atoms with Crippen molar-refractivity contribution in [1.29, 1.82) is 0 Å². The Morgan fingerprint density at radius 3 is 2.42 bits per heavy atom. The molecule has 0 bridgehead atoms. The molecule has 3 aromatic carbocycles. The van der Waals surface area contributed by atoms with Gasteiger partial charge in [0.25, 0.3) is 0 Å². The van der Waals surface area contributed by atoms with E-state index in [1.807, 2.05) is 80.7 Å². The van der Waals surface area contributed by atoms with Gasteiger partial charge in [-0.25, -0.2) is 9.83 Å². The van der Waals surface area contributed by atoms with Gasteiger partial charge in [-0.15, -0.1) is 16.4 Å². The quantitative estimate of drug-likeness (QED) is 0.0696. The van der Waals surface area contributed by atoms with Crippen molar-refractivity contribution in [3.63, 3.8) is 0 Å². The maximum Gasteiger partial charge on any atom is 0.243 e. The predicted octanol–water partition coefficient (Wildman–Crippen LogP) is 8.99. The van der Waals surface area contributed by atoms with Crippen LogP contribution in [0.4, 0.5) is 11.4 Å². The highest BCUT2D eigenvalue weighted by molar-refractivity contribution is 7.13. The fourth-order valence-electron chi connectivity index (χ4n) is 12.8. The number of Topliss-reactive ketones (excluding diaryl/α,β-unsaturated/α-hetero) is 1. The standard InChI is InChI=1S/C63H77N11O6S/c1-9-41-30-49-50(63(6,7)59-56(57(49)78)48-20-19-43(64-8)31-52(48)67-59)34-53(41)71-24-21-45(22-25-71)70-26-28-72(29-27-70)55(77)14-10-12-44-36-73(69-68-44)23-11-13-46(75)32-51(62(3,4)5)61(80)74-37-47(76)33-54(74)60(79)65-35-40-15-17-42(18-16-40)58-39(2)66-38-81-58/h15-20,30-31,34,36,38,45,47,51,54,67,76H,9-14,21-29,32-33,35,37H2,1-7H3,(H,65,79)/t47-,51-,54+/m1/s1. The smallest absolute Gasteiger partial charge is 0.243 e. The summed E-state index contributed by atoms with van der Waals surface area (Å²) in [4.78, 5) is 90.0. The number of piperazine rings is 1. The minimum Gasteiger partial charge on any atom is -0.391 e. The van der Waals surface area contributed by atoms with Gasteiger partial charge in [-0.05, 0) is 91.3 Å². The number of H-pyrrole nitrogens is 1. The van der Waals surface area contributed by atoms with Gasteiger partial charge in [0.05, 0.1) is 40.0 Å². The Morgan fingerprint density at radius 1 is 0.975 bits per heavy atom. The first-order valence-electron chi connectivity index (χ1n) is 29.0. The normalized spacial score (nSPS) is 18.9. The van der Waals surface area contributed by atoms with Crippen LogP contribution in [-0.4, -0.2) is 138 Å². The molecule has 10 rings (SSSR count). The number of thiazole rings is 1. The number of aromatic amines is 1. The number of β-amino-alcohol motifs (C(OH)–C–C–N with tert-alkyl or cyclic N) is 1. The summed E-state index contributed by atoms with van der Waals surface area (Å²) < 4.78 is 1.73. The Kier molecular flexibility index (Phi) is 16.8. The minimum absolute atomic E-state index is 0.0318. The number of carbonyl (C=O) groups excluding carboxylic acids is 5. The van der Waals surface area contributed by atoms with Gasteiger partial charge >= 0.3 is 0 Å². The first kappa shape index (κ1) is 57.2. The zero-order valence-corrected chi connectivity index (χ0v) is 48.8. The molecule has 0 radical (unpaired) electrons. The molecule has 0 saturated carbocycles. The maximum atomic E-state index is 14.2. The Bertz CT molecular complexity index is 3370. The molecule has 3 atom stereocenters. The molecule has 3 saturated heterocycles. The van der Waals surface area contributed by atoms with Crippen LogP contribution in [0.25, 0.3) is 26.2 Å². The Hall–Kier alpha value is -7.07. The van der Waals surface area contributed by atoms with Gasteiger partial charge in [-0.2, -0.15) is 0 Å². The summed E-state index contributed by atoms with van der Waals surface area (Å²) in [5.74, 6) is -1.14. The molecule has 4 aliphatic rings. The van der Waals surface area contributed by atoms with Gasteiger partial charge in [0.2, 0.25) is 17.7 Å². The second-order valence-electron chi connectivity index (χ2n) is 24.4. The second kappa shape index (κ2) is 23.8. The molecule has 17 nitrogen and oxygen atoms in total. The molecule has 3 aliphatic heterocycles. The number of fused-ring (bicyclic) bond motifs is 4. The van der Waals surface area contributed by atoms with Crippen LogP contribution in [0.5, 0.6) is 0 Å². The number of nitrogens with zero attached hydrogens (tertiary/aromatic N) is 9. The van der Waals surface area contributed by atoms with Crippen molar-refractivity contribution >= 4 is 62.9 Å². The number of carbonyl (C=O) groups is 5. The van der Waals surface area contributed by atoms with Crippen LogP contribution in [-0.2, 0) is 50.5 Å². The number of hydrogen-bond donors (Lipinski definition) is 3. The predicted molar refractivity (Wildman–Crippen MR) is 314 cm³/mol. The summed E-state index contributed by atoms with van der Waals surface area (Å²) in [6.07, 6.45) is 6.59. The molecule has 0 spiro atoms. The number of ketones is 2. The van der Waals surface area contributed by atoms with Crippen LogP contribution in [0.2, 0.25) is 0 Å². The summed E-state index contributed by atoms with van der Waals surface area (Å²) in [7, 11) is 0. The molecule has 18 heteroatoms. The largest absolute Gasteiger partial charge is 0.391 e. The number of aromatic nitrogens is 5. The number of aliphatic hydroxyl groups excluding tert-OH is 1. The van der Waals surface area contributed by atoms with Crippen molar-refractivity contribution in [3.8, 4) is 10.4 Å². The van der Waals surface area contributed by atoms with E-state index in [9.17, 15) is 29.1 Å². The fraction of sp³-hybridized carbons (Fsp3) is 0.508. The van der Waals surface area contributed by atoms with Gasteiger partial charge in [-0.1, -0.05) is 83.2 Å². The molecule has 426 valence electrons. The van der Waals surface area contributed by atoms with E-state index >= 15 is 0 Å². The Morgan fingerprint density at radius 2 is 1.73 bits per heavy atom. The lowest BCUT2D eigenvalue weighted by Crippen LogP contribution is -2.54. The molecular formula is C63H77N11O6S. The molecule has 1 aliphatic carbocycles. The van der Waals surface area contributed by atoms with Crippen molar-refractivity contribution in [2.24, 2.45) is 11.3 Å². The zero-order valence-electron chi connectivity index (χ0n) is 48.0. The van der Waals surface area contributed by atoms with Crippen LogP contribution in [0, 0.1) is 24.8 Å². The molecule has 81 heavy (non-hydrogen) atoms. The fourth-order valence-corrected chi connectivity index (χ4v) is 13.6. The van der Waals surface area contributed by atoms with Crippen molar-refractivity contribution in [1.82, 2.24) is 45.0 Å². The Labute approximate surface area is 479 Å². The molecule has 0 unspecified atom stereocenters. The first-order valence-corrected chi connectivity index (χ1v) is 29.9. The molecule has 3 amide bonds. The molecule has 3 aromatic heterocycles. The molecule has 3 N–H and O–H groups in total. The van der Waals surface area contributed by atoms with E-state index in [1.165, 1.54) is 16.2 Å². The number of amides is 3. The summed E-state index contributed by atoms with van der Waals surface area (Å²) in [6, 6.07) is 17.5. The number of piperidine rings is 1. The lowest BCUT2D eigenvalue weighted by Gasteiger charge is -2.44. The van der Waals surface area contributed by atoms with Gasteiger partial charge in [0, 0.05) is 136 Å². The van der Waals surface area contributed by atoms with E-state index in [-0.39, 0.29) is 61.6 Å². The number of rotatable bonds is 18. The summed E-state index contributed by atoms with van der Waals surface area (Å²) >= 11 is 1.58. The number of benzene rings is 3. The summed E-state index contributed by atoms with van der Waals surface area (Å²) in [5.41, 5.74) is 11.8. The zero-order chi connectivity index (χ0) is 57.3. The highest BCUT2D eigenvalue weighted by Crippen LogP contribution is 2.46. The number of anilines is 1.